The molecule has 1 aliphatic heterocycles. The normalized spacial score (nSPS) is 14.6. The summed E-state index contributed by atoms with van der Waals surface area (Å²) < 4.78 is 9.71. The smallest absolute Gasteiger partial charge is 0.187 e. The number of nitrogens with zero attached hydrogens (tertiary/aromatic N) is 5. The first kappa shape index (κ1) is 50.3. The highest BCUT2D eigenvalue weighted by atomic mass is 16.5. The van der Waals surface area contributed by atoms with Crippen molar-refractivity contribution in [1.82, 2.24) is 9.55 Å². The van der Waals surface area contributed by atoms with Crippen LogP contribution in [-0.4, -0.2) is 16.2 Å². The summed E-state index contributed by atoms with van der Waals surface area (Å²) in [7, 11) is 0. The highest BCUT2D eigenvalue weighted by Gasteiger charge is 2.47. The van der Waals surface area contributed by atoms with Crippen LogP contribution in [-0.2, 0) is 16.2 Å². The van der Waals surface area contributed by atoms with Crippen LogP contribution in [0.3, 0.4) is 0 Å². The predicted octanol–water partition coefficient (Wildman–Crippen LogP) is 20.1. The van der Waals surface area contributed by atoms with Crippen LogP contribution in [0.25, 0.3) is 65.8 Å². The van der Waals surface area contributed by atoms with Gasteiger partial charge in [-0.15, -0.1) is 0 Å². The summed E-state index contributed by atoms with van der Waals surface area (Å²) in [6, 6.07) is 87.5. The Balaban J connectivity index is 1.01. The summed E-state index contributed by atoms with van der Waals surface area (Å²) in [6.45, 7) is 22.3. The van der Waals surface area contributed by atoms with Gasteiger partial charge in [-0.3, -0.25) is 4.57 Å². The molecule has 0 amide bonds. The van der Waals surface area contributed by atoms with Crippen molar-refractivity contribution in [2.45, 2.75) is 57.8 Å². The van der Waals surface area contributed by atoms with Crippen LogP contribution < -0.4 is 14.5 Å². The zero-order chi connectivity index (χ0) is 55.9. The number of anilines is 4. The van der Waals surface area contributed by atoms with Crippen molar-refractivity contribution in [3.05, 3.63) is 294 Å². The Kier molecular flexibility index (Phi) is 11.9. The number of benzene rings is 10. The second kappa shape index (κ2) is 19.4. The molecule has 10 aromatic carbocycles. The average Bonchev–Trinajstić information content (AvgIpc) is 2.66. The molecule has 396 valence electrons. The number of rotatable bonds is 9. The molecule has 0 saturated heterocycles. The van der Waals surface area contributed by atoms with Crippen molar-refractivity contribution in [2.24, 2.45) is 0 Å². The molecule has 82 heavy (non-hydrogen) atoms. The van der Waals surface area contributed by atoms with Crippen molar-refractivity contribution < 1.29 is 4.74 Å². The van der Waals surface area contributed by atoms with Gasteiger partial charge in [0, 0.05) is 45.9 Å². The minimum absolute atomic E-state index is 0.0672. The number of hydrogen-bond acceptors (Lipinski definition) is 4. The average molecular weight is 1060 g/mol. The van der Waals surface area contributed by atoms with Gasteiger partial charge in [-0.2, -0.15) is 0 Å². The molecule has 0 radical (unpaired) electrons. The highest BCUT2D eigenvalue weighted by Crippen LogP contribution is 2.59. The zero-order valence-corrected chi connectivity index (χ0v) is 47.0. The molecule has 0 saturated carbocycles. The zero-order valence-electron chi connectivity index (χ0n) is 47.0. The third-order valence-electron chi connectivity index (χ3n) is 16.9. The standard InChI is InChI=1S/C76H61N5O/c1-74(2,3)53-39-40-78-72(45-53)81-68-32-20-18-30-61(68)62-37-36-58(48-71(62)81)82-59-42-55(76(52-27-15-10-16-28-52)66-31-19-17-29-60(66)65-46-56(77-7)35-38-67(65)76)41-57(47-59)79-49-80(70-34-22-21-33-69(70)79)73-63(50-23-11-8-12-24-50)43-54(75(4,5)6)44-64(73)51-25-13-9-14-26-51/h8-48H,49H2,1-6H3. The van der Waals surface area contributed by atoms with Gasteiger partial charge in [0.2, 0.25) is 0 Å². The predicted molar refractivity (Wildman–Crippen MR) is 339 cm³/mol. The molecule has 0 fully saturated rings. The van der Waals surface area contributed by atoms with Crippen molar-refractivity contribution >= 4 is 50.2 Å². The molecule has 6 heteroatoms. The molecular weight excluding hydrogens is 999 g/mol. The van der Waals surface area contributed by atoms with Crippen LogP contribution in [0.15, 0.2) is 249 Å². The molecule has 1 unspecified atom stereocenters. The van der Waals surface area contributed by atoms with Crippen LogP contribution in [0.4, 0.5) is 28.4 Å². The molecule has 1 aliphatic carbocycles. The van der Waals surface area contributed by atoms with Crippen LogP contribution in [0.2, 0.25) is 0 Å². The Morgan fingerprint density at radius 3 is 1.77 bits per heavy atom. The van der Waals surface area contributed by atoms with Gasteiger partial charge in [-0.05, 0) is 139 Å². The number of hydrogen-bond donors (Lipinski definition) is 0. The molecule has 0 bridgehead atoms. The van der Waals surface area contributed by atoms with E-state index in [9.17, 15) is 0 Å². The summed E-state index contributed by atoms with van der Waals surface area (Å²) >= 11 is 0. The minimum Gasteiger partial charge on any atom is -0.457 e. The number of para-hydroxylation sites is 3. The first-order valence-electron chi connectivity index (χ1n) is 28.3. The Morgan fingerprint density at radius 1 is 0.463 bits per heavy atom. The second-order valence-corrected chi connectivity index (χ2v) is 23.9. The monoisotopic (exact) mass is 1060 g/mol. The number of aromatic nitrogens is 2. The van der Waals surface area contributed by atoms with Crippen molar-refractivity contribution in [3.63, 3.8) is 0 Å². The Bertz CT molecular complexity index is 4440. The summed E-state index contributed by atoms with van der Waals surface area (Å²) in [5, 5.41) is 2.27. The van der Waals surface area contributed by atoms with Crippen molar-refractivity contribution in [2.75, 3.05) is 16.5 Å². The van der Waals surface area contributed by atoms with Gasteiger partial charge in [0.15, 0.2) is 5.69 Å². The molecule has 1 atom stereocenters. The molecule has 2 aliphatic rings. The summed E-state index contributed by atoms with van der Waals surface area (Å²) in [5.74, 6) is 2.26. The molecule has 2 aromatic heterocycles. The van der Waals surface area contributed by atoms with Gasteiger partial charge >= 0.3 is 0 Å². The van der Waals surface area contributed by atoms with Gasteiger partial charge in [0.05, 0.1) is 40.1 Å². The second-order valence-electron chi connectivity index (χ2n) is 23.9. The largest absolute Gasteiger partial charge is 0.457 e. The minimum atomic E-state index is -0.801. The molecule has 3 heterocycles. The highest BCUT2D eigenvalue weighted by molar-refractivity contribution is 6.09. The first-order chi connectivity index (χ1) is 39.9. The number of pyridine rings is 1. The third kappa shape index (κ3) is 8.26. The lowest BCUT2D eigenvalue weighted by molar-refractivity contribution is 0.482. The van der Waals surface area contributed by atoms with E-state index in [1.54, 1.807) is 0 Å². The molecular formula is C76H61N5O. The van der Waals surface area contributed by atoms with E-state index >= 15 is 0 Å². The van der Waals surface area contributed by atoms with E-state index in [-0.39, 0.29) is 10.8 Å². The quantitative estimate of drug-likeness (QED) is 0.135. The topological polar surface area (TPSA) is 37.9 Å². The van der Waals surface area contributed by atoms with Crippen LogP contribution in [0.1, 0.15) is 74.9 Å². The maximum atomic E-state index is 8.15. The third-order valence-corrected chi connectivity index (χ3v) is 16.9. The Labute approximate surface area is 480 Å². The maximum Gasteiger partial charge on any atom is 0.187 e. The summed E-state index contributed by atoms with van der Waals surface area (Å²) in [5.41, 5.74) is 19.8. The molecule has 6 nitrogen and oxygen atoms in total. The maximum absolute atomic E-state index is 8.15. The van der Waals surface area contributed by atoms with Gasteiger partial charge in [-0.25, -0.2) is 9.83 Å². The van der Waals surface area contributed by atoms with Crippen molar-refractivity contribution in [3.8, 4) is 50.7 Å². The number of ether oxygens (including phenoxy) is 1. The van der Waals surface area contributed by atoms with Crippen LogP contribution in [0, 0.1) is 6.57 Å². The fourth-order valence-electron chi connectivity index (χ4n) is 12.9. The lowest BCUT2D eigenvalue weighted by Gasteiger charge is -2.35. The van der Waals surface area contributed by atoms with Crippen LogP contribution in [0.5, 0.6) is 11.5 Å². The van der Waals surface area contributed by atoms with E-state index in [1.807, 2.05) is 12.3 Å². The van der Waals surface area contributed by atoms with Gasteiger partial charge in [0.1, 0.15) is 24.0 Å². The Morgan fingerprint density at radius 2 is 1.07 bits per heavy atom. The first-order valence-corrected chi connectivity index (χ1v) is 28.3. The Hall–Kier alpha value is -9.96. The summed E-state index contributed by atoms with van der Waals surface area (Å²) in [6.07, 6.45) is 1.93. The van der Waals surface area contributed by atoms with Gasteiger partial charge in [0.25, 0.3) is 0 Å². The molecule has 0 spiro atoms. The van der Waals surface area contributed by atoms with E-state index in [0.29, 0.717) is 23.9 Å². The molecule has 12 aromatic rings. The summed E-state index contributed by atoms with van der Waals surface area (Å²) in [4.78, 5) is 13.9. The van der Waals surface area contributed by atoms with E-state index in [1.165, 1.54) is 22.3 Å². The van der Waals surface area contributed by atoms with E-state index in [0.717, 1.165) is 94.9 Å². The van der Waals surface area contributed by atoms with Gasteiger partial charge in [-0.1, -0.05) is 199 Å². The SMILES string of the molecule is [C-]#[N+]c1ccc2c(c1)-c1ccccc1C2(c1ccccc1)c1cc(Oc2ccc3c4ccccc4n(-c4cc(C(C)(C)C)ccn4)c3c2)cc(N2CN(c3c(-c4ccccc4)cc(C(C)(C)C)cc3-c3ccccc3)c3ccccc32)c1. The van der Waals surface area contributed by atoms with E-state index in [4.69, 9.17) is 16.3 Å². The van der Waals surface area contributed by atoms with Gasteiger partial charge < -0.3 is 14.5 Å². The lowest BCUT2D eigenvalue weighted by Crippen LogP contribution is -2.29. The molecule has 0 N–H and O–H groups in total. The fourth-order valence-corrected chi connectivity index (χ4v) is 12.9. The van der Waals surface area contributed by atoms with E-state index < -0.39 is 5.41 Å². The molecule has 14 rings (SSSR count). The fraction of sp³-hybridized carbons (Fsp3) is 0.132. The van der Waals surface area contributed by atoms with Crippen molar-refractivity contribution in [1.29, 1.82) is 0 Å². The van der Waals surface area contributed by atoms with E-state index in [2.05, 4.69) is 297 Å². The van der Waals surface area contributed by atoms with Crippen LogP contribution >= 0.6 is 0 Å². The number of fused-ring (bicyclic) bond motifs is 7. The lowest BCUT2D eigenvalue weighted by atomic mass is 9.67.